The van der Waals surface area contributed by atoms with Gasteiger partial charge in [-0.2, -0.15) is 0 Å². The van der Waals surface area contributed by atoms with Gasteiger partial charge in [-0.3, -0.25) is 4.79 Å². The monoisotopic (exact) mass is 298 g/mol. The molecule has 8 heteroatoms. The summed E-state index contributed by atoms with van der Waals surface area (Å²) in [4.78, 5) is 11.1. The predicted molar refractivity (Wildman–Crippen MR) is 65.7 cm³/mol. The Morgan fingerprint density at radius 2 is 1.89 bits per heavy atom. The Morgan fingerprint density at radius 1 is 1.33 bits per heavy atom. The summed E-state index contributed by atoms with van der Waals surface area (Å²) in [6, 6.07) is 4.59. The number of hydrogen-bond donors (Lipinski definition) is 1. The van der Waals surface area contributed by atoms with Crippen LogP contribution < -0.4 is 34.9 Å². The summed E-state index contributed by atoms with van der Waals surface area (Å²) in [6.45, 7) is 2.24. The molecule has 2 amide bonds. The van der Waals surface area contributed by atoms with Gasteiger partial charge in [0.2, 0.25) is 10.0 Å². The first kappa shape index (κ1) is 17.7. The van der Waals surface area contributed by atoms with Crippen molar-refractivity contribution in [3.8, 4) is 0 Å². The Bertz CT molecular complexity index is 490. The number of nitrogens with one attached hydrogen (secondary N) is 1. The Balaban J connectivity index is 0.00000289. The fourth-order valence-electron chi connectivity index (χ4n) is 1.03. The topological polar surface area (TPSA) is 77.3 Å². The van der Waals surface area contributed by atoms with Gasteiger partial charge >= 0.3 is 29.6 Å². The molecule has 0 radical (unpaired) electrons. The molecule has 94 valence electrons. The van der Waals surface area contributed by atoms with Gasteiger partial charge in [0.05, 0.1) is 4.90 Å². The van der Waals surface area contributed by atoms with E-state index in [9.17, 15) is 13.2 Å². The van der Waals surface area contributed by atoms with E-state index in [1.165, 1.54) is 24.3 Å². The van der Waals surface area contributed by atoms with Crippen LogP contribution >= 0.6 is 11.6 Å². The first-order valence-electron chi connectivity index (χ1n) is 4.97. The molecule has 0 spiro atoms. The molecule has 0 saturated heterocycles. The van der Waals surface area contributed by atoms with Gasteiger partial charge < -0.3 is 10.0 Å². The van der Waals surface area contributed by atoms with Crippen LogP contribution in [0.25, 0.3) is 4.72 Å². The summed E-state index contributed by atoms with van der Waals surface area (Å²) in [5, 5.41) is 2.77. The Labute approximate surface area is 134 Å². The van der Waals surface area contributed by atoms with E-state index in [0.717, 1.165) is 0 Å². The molecule has 18 heavy (non-hydrogen) atoms. The molecule has 5 nitrogen and oxygen atoms in total. The molecule has 0 aliphatic heterocycles. The number of benzene rings is 1. The van der Waals surface area contributed by atoms with E-state index in [-0.39, 0.29) is 34.5 Å². The minimum Gasteiger partial charge on any atom is -0.449 e. The molecule has 0 aromatic heterocycles. The molecule has 0 fully saturated rings. The number of urea groups is 1. The minimum atomic E-state index is -3.95. The average Bonchev–Trinajstić information content (AvgIpc) is 2.26. The number of nitrogens with zero attached hydrogens (tertiary/aromatic N) is 1. The number of hydrogen-bond acceptors (Lipinski definition) is 3. The van der Waals surface area contributed by atoms with Crippen LogP contribution in [0.4, 0.5) is 4.79 Å². The summed E-state index contributed by atoms with van der Waals surface area (Å²) in [5.41, 5.74) is 0. The standard InChI is InChI=1S/C10H13ClN2O3S.Na/c1-2-7-12-10(14)13-17(15,16)9-5-3-8(11)4-6-9;/h3-6H,2,7H2,1H3,(H2,12,13,14);/q;+1/p-1. The first-order chi connectivity index (χ1) is 7.95. The van der Waals surface area contributed by atoms with Gasteiger partial charge in [-0.1, -0.05) is 31.5 Å². The molecule has 0 bridgehead atoms. The van der Waals surface area contributed by atoms with Gasteiger partial charge in [0, 0.05) is 5.02 Å². The first-order valence-corrected chi connectivity index (χ1v) is 6.79. The SMILES string of the molecule is CCCNC(=O)[N-]S(=O)(=O)c1ccc(Cl)cc1.[Na+]. The van der Waals surface area contributed by atoms with Crippen LogP contribution in [0.5, 0.6) is 0 Å². The Morgan fingerprint density at radius 3 is 2.39 bits per heavy atom. The van der Waals surface area contributed by atoms with Crippen molar-refractivity contribution in [2.45, 2.75) is 18.2 Å². The molecule has 0 aliphatic rings. The molecule has 1 N–H and O–H groups in total. The van der Waals surface area contributed by atoms with Gasteiger partial charge in [-0.05, 0) is 24.3 Å². The Hall–Kier alpha value is -0.270. The number of halogens is 1. The number of carbonyl (C=O) groups is 1. The smallest absolute Gasteiger partial charge is 0.449 e. The third kappa shape index (κ3) is 5.58. The zero-order valence-corrected chi connectivity index (χ0v) is 13.8. The molecule has 0 atom stereocenters. The van der Waals surface area contributed by atoms with Crippen LogP contribution in [0.3, 0.4) is 0 Å². The van der Waals surface area contributed by atoms with E-state index >= 15 is 0 Å². The van der Waals surface area contributed by atoms with Crippen LogP contribution in [0.2, 0.25) is 5.02 Å². The molecule has 1 aromatic rings. The van der Waals surface area contributed by atoms with Crippen molar-refractivity contribution < 1.29 is 42.8 Å². The van der Waals surface area contributed by atoms with Crippen LogP contribution in [-0.4, -0.2) is 21.0 Å². The maximum atomic E-state index is 11.6. The molecule has 0 aliphatic carbocycles. The van der Waals surface area contributed by atoms with Crippen molar-refractivity contribution in [3.63, 3.8) is 0 Å². The van der Waals surface area contributed by atoms with Gasteiger partial charge in [0.1, 0.15) is 0 Å². The number of amides is 2. The van der Waals surface area contributed by atoms with E-state index in [4.69, 9.17) is 11.6 Å². The number of rotatable bonds is 4. The Kier molecular flexibility index (Phi) is 7.89. The van der Waals surface area contributed by atoms with E-state index < -0.39 is 16.1 Å². The predicted octanol–water partition coefficient (Wildman–Crippen LogP) is -0.474. The largest absolute Gasteiger partial charge is 1.00 e. The second-order valence-electron chi connectivity index (χ2n) is 3.25. The second-order valence-corrected chi connectivity index (χ2v) is 5.29. The summed E-state index contributed by atoms with van der Waals surface area (Å²) in [5.74, 6) is 0. The molecule has 0 heterocycles. The van der Waals surface area contributed by atoms with Crippen molar-refractivity contribution in [2.24, 2.45) is 0 Å². The molecule has 1 rings (SSSR count). The molecule has 0 unspecified atom stereocenters. The van der Waals surface area contributed by atoms with E-state index in [2.05, 4.69) is 10.0 Å². The van der Waals surface area contributed by atoms with Gasteiger partial charge in [0.15, 0.2) is 6.03 Å². The van der Waals surface area contributed by atoms with Crippen molar-refractivity contribution in [1.29, 1.82) is 0 Å². The van der Waals surface area contributed by atoms with Crippen molar-refractivity contribution in [2.75, 3.05) is 6.54 Å². The molecular weight excluding hydrogens is 287 g/mol. The van der Waals surface area contributed by atoms with Crippen LogP contribution in [0, 0.1) is 0 Å². The fraction of sp³-hybridized carbons (Fsp3) is 0.300. The zero-order chi connectivity index (χ0) is 12.9. The quantitative estimate of drug-likeness (QED) is 0.763. The third-order valence-electron chi connectivity index (χ3n) is 1.84. The summed E-state index contributed by atoms with van der Waals surface area (Å²) in [7, 11) is -3.95. The second kappa shape index (κ2) is 8.01. The van der Waals surface area contributed by atoms with E-state index in [0.29, 0.717) is 18.0 Å². The number of sulfonamides is 1. The van der Waals surface area contributed by atoms with Gasteiger partial charge in [-0.15, -0.1) is 0 Å². The van der Waals surface area contributed by atoms with Crippen molar-refractivity contribution in [3.05, 3.63) is 34.0 Å². The van der Waals surface area contributed by atoms with E-state index in [1.807, 2.05) is 6.92 Å². The van der Waals surface area contributed by atoms with Crippen molar-refractivity contribution >= 4 is 27.7 Å². The van der Waals surface area contributed by atoms with Crippen molar-refractivity contribution in [1.82, 2.24) is 5.32 Å². The maximum absolute atomic E-state index is 11.6. The van der Waals surface area contributed by atoms with Gasteiger partial charge in [0.25, 0.3) is 0 Å². The van der Waals surface area contributed by atoms with Crippen LogP contribution in [0.1, 0.15) is 13.3 Å². The molecular formula is C10H12ClN2NaO3S. The van der Waals surface area contributed by atoms with Crippen LogP contribution in [-0.2, 0) is 10.0 Å². The summed E-state index contributed by atoms with van der Waals surface area (Å²) in [6.07, 6.45) is 0.711. The number of carbonyl (C=O) groups excluding carboxylic acids is 1. The average molecular weight is 299 g/mol. The normalized spacial score (nSPS) is 10.3. The van der Waals surface area contributed by atoms with Crippen LogP contribution in [0.15, 0.2) is 29.2 Å². The zero-order valence-electron chi connectivity index (χ0n) is 10.2. The third-order valence-corrected chi connectivity index (χ3v) is 3.37. The molecule has 1 aromatic carbocycles. The van der Waals surface area contributed by atoms with Gasteiger partial charge in [-0.25, -0.2) is 8.42 Å². The summed E-state index contributed by atoms with van der Waals surface area (Å²) < 4.78 is 26.4. The summed E-state index contributed by atoms with van der Waals surface area (Å²) >= 11 is 5.63. The maximum Gasteiger partial charge on any atom is 1.00 e. The minimum absolute atomic E-state index is 0. The molecule has 0 saturated carbocycles. The van der Waals surface area contributed by atoms with E-state index in [1.54, 1.807) is 0 Å². The fourth-order valence-corrected chi connectivity index (χ4v) is 2.03.